The van der Waals surface area contributed by atoms with E-state index < -0.39 is 0 Å². The predicted octanol–water partition coefficient (Wildman–Crippen LogP) is 3.10. The summed E-state index contributed by atoms with van der Waals surface area (Å²) in [7, 11) is 1.70. The van der Waals surface area contributed by atoms with E-state index in [4.69, 9.17) is 10.5 Å². The number of aryl methyl sites for hydroxylation is 1. The Labute approximate surface area is 98.9 Å². The fraction of sp³-hybridized carbons (Fsp3) is 0.500. The van der Waals surface area contributed by atoms with Gasteiger partial charge in [-0.05, 0) is 49.4 Å². The van der Waals surface area contributed by atoms with Crippen LogP contribution in [0.3, 0.4) is 0 Å². The third-order valence-electron chi connectivity index (χ3n) is 3.27. The van der Waals surface area contributed by atoms with Gasteiger partial charge in [-0.25, -0.2) is 0 Å². The Morgan fingerprint density at radius 2 is 2.07 bits per heavy atom. The largest absolute Gasteiger partial charge is 0.496 e. The average molecular weight is 270 g/mol. The number of methoxy groups -OCH3 is 1. The summed E-state index contributed by atoms with van der Waals surface area (Å²) < 4.78 is 6.43. The van der Waals surface area contributed by atoms with Crippen molar-refractivity contribution in [2.24, 2.45) is 5.73 Å². The zero-order chi connectivity index (χ0) is 11.1. The van der Waals surface area contributed by atoms with Crippen molar-refractivity contribution in [3.05, 3.63) is 27.7 Å². The molecule has 0 bridgehead atoms. The summed E-state index contributed by atoms with van der Waals surface area (Å²) in [5, 5.41) is 0. The third kappa shape index (κ3) is 1.79. The van der Waals surface area contributed by atoms with Crippen LogP contribution in [0.5, 0.6) is 5.75 Å². The smallest absolute Gasteiger partial charge is 0.122 e. The van der Waals surface area contributed by atoms with E-state index in [2.05, 4.69) is 28.1 Å². The highest BCUT2D eigenvalue weighted by Crippen LogP contribution is 2.43. The molecule has 1 aromatic rings. The van der Waals surface area contributed by atoms with Gasteiger partial charge in [-0.3, -0.25) is 0 Å². The van der Waals surface area contributed by atoms with Gasteiger partial charge in [-0.2, -0.15) is 0 Å². The molecule has 15 heavy (non-hydrogen) atoms. The van der Waals surface area contributed by atoms with Crippen molar-refractivity contribution in [2.75, 3.05) is 7.11 Å². The van der Waals surface area contributed by atoms with Crippen LogP contribution < -0.4 is 10.5 Å². The number of ether oxygens (including phenoxy) is 1. The van der Waals surface area contributed by atoms with Crippen molar-refractivity contribution in [3.63, 3.8) is 0 Å². The standard InChI is InChI=1S/C12H16BrNO/c1-8-6-10(13)9(7-11(8)15-2)12(14)4-3-5-12/h6-7H,3-5,14H2,1-2H3. The van der Waals surface area contributed by atoms with Gasteiger partial charge >= 0.3 is 0 Å². The summed E-state index contributed by atoms with van der Waals surface area (Å²) in [5.74, 6) is 0.921. The number of rotatable bonds is 2. The lowest BCUT2D eigenvalue weighted by atomic mass is 9.72. The van der Waals surface area contributed by atoms with E-state index in [1.165, 1.54) is 12.0 Å². The number of hydrogen-bond acceptors (Lipinski definition) is 2. The normalized spacial score (nSPS) is 18.4. The fourth-order valence-corrected chi connectivity index (χ4v) is 2.93. The Morgan fingerprint density at radius 1 is 1.40 bits per heavy atom. The first-order chi connectivity index (χ1) is 7.07. The molecular formula is C12H16BrNO. The van der Waals surface area contributed by atoms with Gasteiger partial charge in [0, 0.05) is 10.0 Å². The molecule has 1 fully saturated rings. The number of benzene rings is 1. The fourth-order valence-electron chi connectivity index (χ4n) is 2.08. The molecule has 1 aliphatic carbocycles. The molecule has 0 aromatic heterocycles. The minimum atomic E-state index is -0.139. The van der Waals surface area contributed by atoms with Crippen LogP contribution in [0.1, 0.15) is 30.4 Å². The molecule has 0 radical (unpaired) electrons. The van der Waals surface area contributed by atoms with Gasteiger partial charge < -0.3 is 10.5 Å². The molecule has 2 N–H and O–H groups in total. The summed E-state index contributed by atoms with van der Waals surface area (Å²) in [6, 6.07) is 4.15. The second-order valence-electron chi connectivity index (χ2n) is 4.31. The molecule has 2 rings (SSSR count). The Morgan fingerprint density at radius 3 is 2.53 bits per heavy atom. The zero-order valence-corrected chi connectivity index (χ0v) is 10.7. The van der Waals surface area contributed by atoms with E-state index in [0.717, 1.165) is 28.6 Å². The highest BCUT2D eigenvalue weighted by Gasteiger charge is 2.36. The van der Waals surface area contributed by atoms with Gasteiger partial charge in [0.05, 0.1) is 7.11 Å². The second kappa shape index (κ2) is 3.80. The maximum absolute atomic E-state index is 6.31. The van der Waals surface area contributed by atoms with Crippen LogP contribution in [0.25, 0.3) is 0 Å². The topological polar surface area (TPSA) is 35.2 Å². The minimum absolute atomic E-state index is 0.139. The maximum atomic E-state index is 6.31. The quantitative estimate of drug-likeness (QED) is 0.896. The lowest BCUT2D eigenvalue weighted by Gasteiger charge is -2.39. The van der Waals surface area contributed by atoms with Crippen molar-refractivity contribution < 1.29 is 4.74 Å². The van der Waals surface area contributed by atoms with Crippen molar-refractivity contribution in [2.45, 2.75) is 31.7 Å². The first kappa shape index (κ1) is 11.0. The van der Waals surface area contributed by atoms with Gasteiger partial charge in [-0.15, -0.1) is 0 Å². The lowest BCUT2D eigenvalue weighted by molar-refractivity contribution is 0.251. The Hall–Kier alpha value is -0.540. The second-order valence-corrected chi connectivity index (χ2v) is 5.17. The first-order valence-electron chi connectivity index (χ1n) is 5.20. The Kier molecular flexibility index (Phi) is 2.77. The van der Waals surface area contributed by atoms with Crippen molar-refractivity contribution in [3.8, 4) is 5.75 Å². The Bertz CT molecular complexity index is 385. The summed E-state index contributed by atoms with van der Waals surface area (Å²) in [6.07, 6.45) is 3.36. The van der Waals surface area contributed by atoms with Gasteiger partial charge in [0.2, 0.25) is 0 Å². The van der Waals surface area contributed by atoms with Crippen LogP contribution in [0, 0.1) is 6.92 Å². The molecule has 0 atom stereocenters. The number of nitrogens with two attached hydrogens (primary N) is 1. The van der Waals surface area contributed by atoms with Gasteiger partial charge in [0.1, 0.15) is 5.75 Å². The molecule has 3 heteroatoms. The molecule has 0 aliphatic heterocycles. The van der Waals surface area contributed by atoms with Crippen molar-refractivity contribution in [1.29, 1.82) is 0 Å². The SMILES string of the molecule is COc1cc(C2(N)CCC2)c(Br)cc1C. The number of hydrogen-bond donors (Lipinski definition) is 1. The Balaban J connectivity index is 2.47. The van der Waals surface area contributed by atoms with Crippen LogP contribution in [0.2, 0.25) is 0 Å². The van der Waals surface area contributed by atoms with Gasteiger partial charge in [0.25, 0.3) is 0 Å². The van der Waals surface area contributed by atoms with Crippen LogP contribution in [-0.4, -0.2) is 7.11 Å². The van der Waals surface area contributed by atoms with Crippen LogP contribution in [0.4, 0.5) is 0 Å². The highest BCUT2D eigenvalue weighted by molar-refractivity contribution is 9.10. The van der Waals surface area contributed by atoms with Crippen LogP contribution in [-0.2, 0) is 5.54 Å². The molecule has 0 heterocycles. The summed E-state index contributed by atoms with van der Waals surface area (Å²) in [4.78, 5) is 0. The van der Waals surface area contributed by atoms with E-state index in [1.807, 2.05) is 6.92 Å². The van der Waals surface area contributed by atoms with Crippen molar-refractivity contribution in [1.82, 2.24) is 0 Å². The van der Waals surface area contributed by atoms with Crippen LogP contribution >= 0.6 is 15.9 Å². The maximum Gasteiger partial charge on any atom is 0.122 e. The van der Waals surface area contributed by atoms with E-state index in [9.17, 15) is 0 Å². The molecule has 0 amide bonds. The summed E-state index contributed by atoms with van der Waals surface area (Å²) in [6.45, 7) is 2.04. The molecule has 1 aliphatic rings. The van der Waals surface area contributed by atoms with E-state index in [0.29, 0.717) is 0 Å². The predicted molar refractivity (Wildman–Crippen MR) is 65.1 cm³/mol. The zero-order valence-electron chi connectivity index (χ0n) is 9.14. The molecule has 1 saturated carbocycles. The van der Waals surface area contributed by atoms with E-state index in [1.54, 1.807) is 7.11 Å². The van der Waals surface area contributed by atoms with Gasteiger partial charge in [0.15, 0.2) is 0 Å². The lowest BCUT2D eigenvalue weighted by Crippen LogP contribution is -2.43. The molecule has 1 aromatic carbocycles. The molecule has 0 spiro atoms. The van der Waals surface area contributed by atoms with Crippen LogP contribution in [0.15, 0.2) is 16.6 Å². The molecule has 0 saturated heterocycles. The molecule has 2 nitrogen and oxygen atoms in total. The van der Waals surface area contributed by atoms with Crippen molar-refractivity contribution >= 4 is 15.9 Å². The molecule has 82 valence electrons. The highest BCUT2D eigenvalue weighted by atomic mass is 79.9. The summed E-state index contributed by atoms with van der Waals surface area (Å²) >= 11 is 3.59. The number of halogens is 1. The molecular weight excluding hydrogens is 254 g/mol. The monoisotopic (exact) mass is 269 g/mol. The van der Waals surface area contributed by atoms with E-state index >= 15 is 0 Å². The molecule has 0 unspecified atom stereocenters. The summed E-state index contributed by atoms with van der Waals surface area (Å²) in [5.41, 5.74) is 8.49. The van der Waals surface area contributed by atoms with Gasteiger partial charge in [-0.1, -0.05) is 15.9 Å². The minimum Gasteiger partial charge on any atom is -0.496 e. The third-order valence-corrected chi connectivity index (χ3v) is 3.92. The van der Waals surface area contributed by atoms with E-state index in [-0.39, 0.29) is 5.54 Å². The first-order valence-corrected chi connectivity index (χ1v) is 5.99. The average Bonchev–Trinajstić information content (AvgIpc) is 2.15.